The van der Waals surface area contributed by atoms with Crippen LogP contribution in [0.3, 0.4) is 0 Å². The number of amides is 1. The van der Waals surface area contributed by atoms with Gasteiger partial charge in [0.1, 0.15) is 11.9 Å². The number of hydrogen-bond acceptors (Lipinski definition) is 5. The molecule has 0 atom stereocenters. The van der Waals surface area contributed by atoms with Gasteiger partial charge in [-0.2, -0.15) is 0 Å². The van der Waals surface area contributed by atoms with Crippen LogP contribution in [0.2, 0.25) is 0 Å². The molecular weight excluding hydrogens is 416 g/mol. The van der Waals surface area contributed by atoms with Gasteiger partial charge in [0.25, 0.3) is 5.56 Å². The first-order valence-corrected chi connectivity index (χ1v) is 12.3. The second kappa shape index (κ2) is 8.86. The minimum Gasteiger partial charge on any atom is -0.490 e. The molecule has 1 aromatic heterocycles. The molecule has 1 aliphatic rings. The number of ether oxygens (including phenoxy) is 1. The molecule has 0 N–H and O–H groups in total. The fourth-order valence-electron chi connectivity index (χ4n) is 3.58. The second-order valence-electron chi connectivity index (χ2n) is 9.27. The Bertz CT molecular complexity index is 1090. The van der Waals surface area contributed by atoms with Crippen LogP contribution in [-0.4, -0.2) is 49.2 Å². The van der Waals surface area contributed by atoms with E-state index in [4.69, 9.17) is 4.74 Å². The molecule has 0 radical (unpaired) electrons. The maximum absolute atomic E-state index is 12.5. The molecule has 0 spiro atoms. The number of nitrogens with zero attached hydrogens (tertiary/aromatic N) is 2. The zero-order chi connectivity index (χ0) is 22.8. The van der Waals surface area contributed by atoms with Crippen LogP contribution in [0.4, 0.5) is 0 Å². The highest BCUT2D eigenvalue weighted by molar-refractivity contribution is 7.90. The highest BCUT2D eigenvalue weighted by atomic mass is 32.2. The highest BCUT2D eigenvalue weighted by Gasteiger charge is 2.26. The number of rotatable bonds is 5. The number of pyridine rings is 1. The van der Waals surface area contributed by atoms with Gasteiger partial charge in [-0.05, 0) is 35.7 Å². The predicted octanol–water partition coefficient (Wildman–Crippen LogP) is 3.05. The van der Waals surface area contributed by atoms with Gasteiger partial charge in [0.05, 0.1) is 4.90 Å². The molecule has 8 heteroatoms. The third kappa shape index (κ3) is 6.19. The molecule has 2 heterocycles. The van der Waals surface area contributed by atoms with Gasteiger partial charge in [-0.3, -0.25) is 14.2 Å². The quantitative estimate of drug-likeness (QED) is 0.705. The summed E-state index contributed by atoms with van der Waals surface area (Å²) < 4.78 is 30.6. The highest BCUT2D eigenvalue weighted by Crippen LogP contribution is 2.23. The van der Waals surface area contributed by atoms with Crippen LogP contribution in [0.1, 0.15) is 40.0 Å². The third-order valence-electron chi connectivity index (χ3n) is 5.21. The minimum absolute atomic E-state index is 0.0283. The Balaban J connectivity index is 1.61. The van der Waals surface area contributed by atoms with E-state index in [-0.39, 0.29) is 27.9 Å². The van der Waals surface area contributed by atoms with E-state index in [1.165, 1.54) is 22.8 Å². The van der Waals surface area contributed by atoms with Gasteiger partial charge < -0.3 is 9.64 Å². The molecular formula is C23H30N2O5S. The maximum Gasteiger partial charge on any atom is 0.258 e. The molecule has 0 bridgehead atoms. The zero-order valence-electron chi connectivity index (χ0n) is 18.5. The van der Waals surface area contributed by atoms with Gasteiger partial charge in [0.15, 0.2) is 9.84 Å². The summed E-state index contributed by atoms with van der Waals surface area (Å²) in [5.74, 6) is 0.670. The lowest BCUT2D eigenvalue weighted by Gasteiger charge is -2.33. The summed E-state index contributed by atoms with van der Waals surface area (Å²) in [7, 11) is -3.29. The molecule has 7 nitrogen and oxygen atoms in total. The molecule has 1 amide bonds. The number of benzene rings is 1. The van der Waals surface area contributed by atoms with Crippen LogP contribution >= 0.6 is 0 Å². The van der Waals surface area contributed by atoms with Crippen molar-refractivity contribution in [1.29, 1.82) is 0 Å². The summed E-state index contributed by atoms with van der Waals surface area (Å²) in [6.45, 7) is 7.49. The third-order valence-corrected chi connectivity index (χ3v) is 6.34. The lowest BCUT2D eigenvalue weighted by atomic mass is 9.91. The largest absolute Gasteiger partial charge is 0.490 e. The molecule has 0 unspecified atom stereocenters. The number of sulfone groups is 1. The maximum atomic E-state index is 12.5. The monoisotopic (exact) mass is 446 g/mol. The molecule has 1 aliphatic heterocycles. The van der Waals surface area contributed by atoms with Crippen molar-refractivity contribution in [2.45, 2.75) is 51.0 Å². The van der Waals surface area contributed by atoms with Gasteiger partial charge in [-0.15, -0.1) is 0 Å². The minimum atomic E-state index is -3.29. The summed E-state index contributed by atoms with van der Waals surface area (Å²) >= 11 is 0. The number of carbonyl (C=O) groups excluding carboxylic acids is 1. The Morgan fingerprint density at radius 1 is 1.10 bits per heavy atom. The topological polar surface area (TPSA) is 85.7 Å². The second-order valence-corrected chi connectivity index (χ2v) is 11.3. The Hall–Kier alpha value is -2.61. The van der Waals surface area contributed by atoms with Crippen LogP contribution in [0, 0.1) is 5.41 Å². The molecule has 0 saturated carbocycles. The number of hydrogen-bond donors (Lipinski definition) is 0. The molecule has 31 heavy (non-hydrogen) atoms. The SMILES string of the molecule is CC(C)(C)CC(=O)N1CCC(Oc2ccn(-c3ccc(S(C)(=O)=O)cc3)c(=O)c2)CC1. The number of piperidine rings is 1. The molecule has 1 fully saturated rings. The number of likely N-dealkylation sites (tertiary alicyclic amines) is 1. The summed E-state index contributed by atoms with van der Waals surface area (Å²) in [6, 6.07) is 9.32. The van der Waals surface area contributed by atoms with E-state index in [9.17, 15) is 18.0 Å². The average molecular weight is 447 g/mol. The summed E-state index contributed by atoms with van der Waals surface area (Å²) in [5.41, 5.74) is 0.288. The fraction of sp³-hybridized carbons (Fsp3) is 0.478. The van der Waals surface area contributed by atoms with E-state index in [1.54, 1.807) is 24.4 Å². The van der Waals surface area contributed by atoms with Crippen LogP contribution in [0.25, 0.3) is 5.69 Å². The van der Waals surface area contributed by atoms with Crippen molar-refractivity contribution < 1.29 is 17.9 Å². The van der Waals surface area contributed by atoms with Crippen molar-refractivity contribution >= 4 is 15.7 Å². The van der Waals surface area contributed by atoms with Crippen LogP contribution in [-0.2, 0) is 14.6 Å². The van der Waals surface area contributed by atoms with E-state index in [2.05, 4.69) is 20.8 Å². The van der Waals surface area contributed by atoms with Crippen molar-refractivity contribution in [1.82, 2.24) is 9.47 Å². The first-order valence-electron chi connectivity index (χ1n) is 10.4. The van der Waals surface area contributed by atoms with Gasteiger partial charge in [-0.1, -0.05) is 20.8 Å². The molecule has 1 aromatic carbocycles. The summed E-state index contributed by atoms with van der Waals surface area (Å²) in [4.78, 5) is 27.0. The Kier molecular flexibility index (Phi) is 6.59. The van der Waals surface area contributed by atoms with E-state index >= 15 is 0 Å². The van der Waals surface area contributed by atoms with Gasteiger partial charge in [0.2, 0.25) is 5.91 Å². The van der Waals surface area contributed by atoms with Gasteiger partial charge in [-0.25, -0.2) is 8.42 Å². The Morgan fingerprint density at radius 3 is 2.23 bits per heavy atom. The van der Waals surface area contributed by atoms with Crippen molar-refractivity contribution in [3.8, 4) is 11.4 Å². The Morgan fingerprint density at radius 2 is 1.71 bits per heavy atom. The standard InChI is InChI=1S/C23H30N2O5S/c1-23(2,3)16-22(27)24-12-9-18(10-13-24)30-19-11-14-25(21(26)15-19)17-5-7-20(8-6-17)31(4,28)29/h5-8,11,14-15,18H,9-10,12-13,16H2,1-4H3. The average Bonchev–Trinajstić information content (AvgIpc) is 2.67. The first kappa shape index (κ1) is 23.1. The number of carbonyl (C=O) groups is 1. The van der Waals surface area contributed by atoms with Crippen LogP contribution < -0.4 is 10.3 Å². The number of aromatic nitrogens is 1. The molecule has 0 aliphatic carbocycles. The summed E-state index contributed by atoms with van der Waals surface area (Å²) in [6.07, 6.45) is 4.71. The molecule has 1 saturated heterocycles. The van der Waals surface area contributed by atoms with Crippen molar-refractivity contribution in [3.63, 3.8) is 0 Å². The van der Waals surface area contributed by atoms with Crippen LogP contribution in [0.5, 0.6) is 5.75 Å². The van der Waals surface area contributed by atoms with Crippen LogP contribution in [0.15, 0.2) is 52.3 Å². The normalized spacial score (nSPS) is 15.7. The Labute approximate surface area is 183 Å². The van der Waals surface area contributed by atoms with E-state index in [0.29, 0.717) is 30.9 Å². The van der Waals surface area contributed by atoms with Gasteiger partial charge in [0, 0.05) is 56.6 Å². The van der Waals surface area contributed by atoms with Crippen molar-refractivity contribution in [2.75, 3.05) is 19.3 Å². The molecule has 3 rings (SSSR count). The lowest BCUT2D eigenvalue weighted by Crippen LogP contribution is -2.42. The molecule has 2 aromatic rings. The van der Waals surface area contributed by atoms with Crippen molar-refractivity contribution in [2.24, 2.45) is 5.41 Å². The van der Waals surface area contributed by atoms with Gasteiger partial charge >= 0.3 is 0 Å². The zero-order valence-corrected chi connectivity index (χ0v) is 19.3. The lowest BCUT2D eigenvalue weighted by molar-refractivity contribution is -0.134. The molecule has 168 valence electrons. The summed E-state index contributed by atoms with van der Waals surface area (Å²) in [5, 5.41) is 0. The van der Waals surface area contributed by atoms with Crippen molar-refractivity contribution in [3.05, 3.63) is 52.9 Å². The predicted molar refractivity (Wildman–Crippen MR) is 119 cm³/mol. The smallest absolute Gasteiger partial charge is 0.258 e. The van der Waals surface area contributed by atoms with E-state index in [1.807, 2.05) is 4.90 Å². The fourth-order valence-corrected chi connectivity index (χ4v) is 4.21. The van der Waals surface area contributed by atoms with E-state index in [0.717, 1.165) is 19.1 Å². The van der Waals surface area contributed by atoms with E-state index < -0.39 is 9.84 Å². The first-order chi connectivity index (χ1) is 14.4.